The molecule has 6 heteroatoms. The second-order valence-corrected chi connectivity index (χ2v) is 4.74. The molecule has 5 nitrogen and oxygen atoms in total. The molecule has 2 aliphatic carbocycles. The first-order valence-corrected chi connectivity index (χ1v) is 6.27. The van der Waals surface area contributed by atoms with Gasteiger partial charge in [0.15, 0.2) is 5.11 Å². The van der Waals surface area contributed by atoms with Crippen molar-refractivity contribution in [2.24, 2.45) is 11.8 Å². The lowest BCUT2D eigenvalue weighted by atomic mass is 10.0. The van der Waals surface area contributed by atoms with Crippen molar-refractivity contribution in [3.63, 3.8) is 0 Å². The van der Waals surface area contributed by atoms with Crippen LogP contribution in [-0.4, -0.2) is 23.9 Å². The fourth-order valence-corrected chi connectivity index (χ4v) is 2.63. The summed E-state index contributed by atoms with van der Waals surface area (Å²) in [5, 5.41) is 3.64. The van der Waals surface area contributed by atoms with Gasteiger partial charge in [-0.3, -0.25) is 5.43 Å². The van der Waals surface area contributed by atoms with Crippen molar-refractivity contribution in [2.45, 2.75) is 25.8 Å². The van der Waals surface area contributed by atoms with Gasteiger partial charge in [-0.2, -0.15) is 0 Å². The Bertz CT molecular complexity index is 346. The molecule has 0 heterocycles. The summed E-state index contributed by atoms with van der Waals surface area (Å²) in [5.41, 5.74) is 4.99. The van der Waals surface area contributed by atoms with E-state index in [0.717, 1.165) is 6.42 Å². The van der Waals surface area contributed by atoms with E-state index < -0.39 is 6.09 Å². The monoisotopic (exact) mass is 255 g/mol. The summed E-state index contributed by atoms with van der Waals surface area (Å²) in [6.07, 6.45) is 6.32. The minimum atomic E-state index is -0.524. The molecule has 0 spiro atoms. The molecule has 94 valence electrons. The molecular formula is C11H17N3O2S. The lowest BCUT2D eigenvalue weighted by molar-refractivity contribution is 0.150. The van der Waals surface area contributed by atoms with E-state index in [1.54, 1.807) is 6.92 Å². The summed E-state index contributed by atoms with van der Waals surface area (Å²) in [6.45, 7) is 2.09. The van der Waals surface area contributed by atoms with Gasteiger partial charge >= 0.3 is 6.09 Å². The molecular weight excluding hydrogens is 238 g/mol. The maximum Gasteiger partial charge on any atom is 0.425 e. The third-order valence-corrected chi connectivity index (χ3v) is 3.37. The number of hydrogen-bond donors (Lipinski definition) is 3. The van der Waals surface area contributed by atoms with Crippen LogP contribution in [0.4, 0.5) is 4.79 Å². The van der Waals surface area contributed by atoms with Gasteiger partial charge in [0, 0.05) is 6.04 Å². The molecule has 2 bridgehead atoms. The van der Waals surface area contributed by atoms with Crippen LogP contribution in [0.2, 0.25) is 0 Å². The SMILES string of the molecule is CCOC(=O)NNC(=S)N[C@H]1C[C@@H]2C=C[C@@H]1C2. The molecule has 2 rings (SSSR count). The molecule has 0 aromatic carbocycles. The number of rotatable bonds is 2. The van der Waals surface area contributed by atoms with Crippen molar-refractivity contribution in [1.82, 2.24) is 16.2 Å². The molecule has 2 aliphatic rings. The predicted molar refractivity (Wildman–Crippen MR) is 68.2 cm³/mol. The van der Waals surface area contributed by atoms with Crippen molar-refractivity contribution >= 4 is 23.4 Å². The Kier molecular flexibility index (Phi) is 3.83. The van der Waals surface area contributed by atoms with Crippen LogP contribution < -0.4 is 16.2 Å². The lowest BCUT2D eigenvalue weighted by Gasteiger charge is -2.21. The topological polar surface area (TPSA) is 62.4 Å². The standard InChI is InChI=1S/C11H17N3O2S/c1-2-16-11(15)14-13-10(17)12-9-6-7-3-4-8(9)5-7/h3-4,7-9H,2,5-6H2,1H3,(H,14,15)(H2,12,13,17)/t7-,8-,9+/m1/s1. The Morgan fingerprint density at radius 3 is 2.82 bits per heavy atom. The Labute approximate surface area is 106 Å². The van der Waals surface area contributed by atoms with Crippen LogP contribution in [0.3, 0.4) is 0 Å². The highest BCUT2D eigenvalue weighted by Crippen LogP contribution is 2.38. The summed E-state index contributed by atoms with van der Waals surface area (Å²) in [5.74, 6) is 1.26. The number of carbonyl (C=O) groups is 1. The number of nitrogens with one attached hydrogen (secondary N) is 3. The largest absolute Gasteiger partial charge is 0.449 e. The highest BCUT2D eigenvalue weighted by atomic mass is 32.1. The van der Waals surface area contributed by atoms with Crippen LogP contribution in [0.25, 0.3) is 0 Å². The van der Waals surface area contributed by atoms with Crippen molar-refractivity contribution in [3.05, 3.63) is 12.2 Å². The highest BCUT2D eigenvalue weighted by Gasteiger charge is 2.35. The first kappa shape index (κ1) is 12.2. The second-order valence-electron chi connectivity index (χ2n) is 4.33. The Morgan fingerprint density at radius 1 is 1.41 bits per heavy atom. The quantitative estimate of drug-likeness (QED) is 0.391. The van der Waals surface area contributed by atoms with Gasteiger partial charge in [-0.25, -0.2) is 10.2 Å². The third kappa shape index (κ3) is 3.09. The number of hydrazine groups is 1. The summed E-state index contributed by atoms with van der Waals surface area (Å²) in [7, 11) is 0. The number of hydrogen-bond acceptors (Lipinski definition) is 3. The van der Waals surface area contributed by atoms with Gasteiger partial charge in [-0.05, 0) is 43.8 Å². The summed E-state index contributed by atoms with van der Waals surface area (Å²) < 4.78 is 4.70. The molecule has 0 aromatic rings. The van der Waals surface area contributed by atoms with Gasteiger partial charge in [-0.1, -0.05) is 12.2 Å². The zero-order valence-corrected chi connectivity index (χ0v) is 10.5. The van der Waals surface area contributed by atoms with Gasteiger partial charge in [0.1, 0.15) is 0 Å². The van der Waals surface area contributed by atoms with Gasteiger partial charge in [0.05, 0.1) is 6.61 Å². The van der Waals surface area contributed by atoms with Crippen LogP contribution in [-0.2, 0) is 4.74 Å². The molecule has 3 atom stereocenters. The normalized spacial score (nSPS) is 28.9. The number of ether oxygens (including phenoxy) is 1. The summed E-state index contributed by atoms with van der Waals surface area (Å²) in [4.78, 5) is 11.0. The molecule has 0 aliphatic heterocycles. The van der Waals surface area contributed by atoms with E-state index in [0.29, 0.717) is 29.6 Å². The molecule has 1 fully saturated rings. The lowest BCUT2D eigenvalue weighted by Crippen LogP contribution is -2.50. The molecule has 17 heavy (non-hydrogen) atoms. The van der Waals surface area contributed by atoms with Crippen molar-refractivity contribution < 1.29 is 9.53 Å². The minimum Gasteiger partial charge on any atom is -0.449 e. The Hall–Kier alpha value is -1.30. The first-order chi connectivity index (χ1) is 8.19. The average molecular weight is 255 g/mol. The fraction of sp³-hybridized carbons (Fsp3) is 0.636. The average Bonchev–Trinajstić information content (AvgIpc) is 2.88. The van der Waals surface area contributed by atoms with Gasteiger partial charge in [0.25, 0.3) is 0 Å². The van der Waals surface area contributed by atoms with Crippen LogP contribution >= 0.6 is 12.2 Å². The Morgan fingerprint density at radius 2 is 2.24 bits per heavy atom. The molecule has 3 N–H and O–H groups in total. The van der Waals surface area contributed by atoms with Crippen molar-refractivity contribution in [2.75, 3.05) is 6.61 Å². The highest BCUT2D eigenvalue weighted by molar-refractivity contribution is 7.80. The van der Waals surface area contributed by atoms with Crippen molar-refractivity contribution in [1.29, 1.82) is 0 Å². The second kappa shape index (κ2) is 5.35. The van der Waals surface area contributed by atoms with Gasteiger partial charge < -0.3 is 10.1 Å². The number of thiocarbonyl (C=S) groups is 1. The summed E-state index contributed by atoms with van der Waals surface area (Å²) >= 11 is 5.09. The fourth-order valence-electron chi connectivity index (χ4n) is 2.43. The van der Waals surface area contributed by atoms with E-state index >= 15 is 0 Å². The van der Waals surface area contributed by atoms with E-state index in [1.165, 1.54) is 6.42 Å². The van der Waals surface area contributed by atoms with E-state index in [2.05, 4.69) is 28.3 Å². The summed E-state index contributed by atoms with van der Waals surface area (Å²) in [6, 6.07) is 0.383. The third-order valence-electron chi connectivity index (χ3n) is 3.15. The maximum atomic E-state index is 11.0. The first-order valence-electron chi connectivity index (χ1n) is 5.86. The number of fused-ring (bicyclic) bond motifs is 2. The molecule has 0 radical (unpaired) electrons. The van der Waals surface area contributed by atoms with E-state index in [9.17, 15) is 4.79 Å². The van der Waals surface area contributed by atoms with Crippen molar-refractivity contribution in [3.8, 4) is 0 Å². The predicted octanol–water partition coefficient (Wildman–Crippen LogP) is 1.08. The van der Waals surface area contributed by atoms with Crippen LogP contribution in [0.15, 0.2) is 12.2 Å². The van der Waals surface area contributed by atoms with Crippen LogP contribution in [0.5, 0.6) is 0 Å². The molecule has 1 amide bonds. The zero-order valence-electron chi connectivity index (χ0n) is 9.73. The zero-order chi connectivity index (χ0) is 12.3. The van der Waals surface area contributed by atoms with Gasteiger partial charge in [-0.15, -0.1) is 0 Å². The van der Waals surface area contributed by atoms with Gasteiger partial charge in [0.2, 0.25) is 0 Å². The molecule has 1 saturated carbocycles. The van der Waals surface area contributed by atoms with E-state index in [-0.39, 0.29) is 0 Å². The molecule has 0 unspecified atom stereocenters. The number of allylic oxidation sites excluding steroid dienone is 1. The smallest absolute Gasteiger partial charge is 0.425 e. The van der Waals surface area contributed by atoms with E-state index in [1.807, 2.05) is 0 Å². The number of carbonyl (C=O) groups excluding carboxylic acids is 1. The van der Waals surface area contributed by atoms with Crippen LogP contribution in [0, 0.1) is 11.8 Å². The van der Waals surface area contributed by atoms with Crippen LogP contribution in [0.1, 0.15) is 19.8 Å². The van der Waals surface area contributed by atoms with E-state index in [4.69, 9.17) is 17.0 Å². The number of amides is 1. The molecule has 0 aromatic heterocycles. The minimum absolute atomic E-state index is 0.338. The molecule has 0 saturated heterocycles. The Balaban J connectivity index is 1.68. The maximum absolute atomic E-state index is 11.0.